The summed E-state index contributed by atoms with van der Waals surface area (Å²) in [6.45, 7) is 0. The molecule has 4 aromatic heterocycles. The summed E-state index contributed by atoms with van der Waals surface area (Å²) < 4.78 is 8.20. The minimum atomic E-state index is 0. The SMILES string of the molecule is C[n+]1[c-]n(-c2[c-]ccc3ccccc23)c2ccccc21.C[n+]1[c-]n(-c2[c-]ccc3ccccc23)c2ccccc21.[Ir].c1ccc(-c2ccn[n-]2)nc1. The van der Waals surface area contributed by atoms with Crippen molar-refractivity contribution in [2.24, 2.45) is 14.1 Å². The van der Waals surface area contributed by atoms with Crippen LogP contribution >= 0.6 is 0 Å². The smallest absolute Gasteiger partial charge is 0.242 e. The number of hydrogen-bond acceptors (Lipinski definition) is 2. The zero-order valence-corrected chi connectivity index (χ0v) is 30.9. The number of aromatic nitrogens is 7. The number of fused-ring (bicyclic) bond motifs is 4. The summed E-state index contributed by atoms with van der Waals surface area (Å²) in [4.78, 5) is 4.12. The Morgan fingerprint density at radius 3 is 1.54 bits per heavy atom. The minimum Gasteiger partial charge on any atom is -0.574 e. The third-order valence-corrected chi connectivity index (χ3v) is 8.70. The molecule has 0 aliphatic heterocycles. The number of benzene rings is 6. The average molecular weight is 851 g/mol. The van der Waals surface area contributed by atoms with Gasteiger partial charge in [0.15, 0.2) is 0 Å². The number of para-hydroxylation sites is 4. The standard InChI is InChI=1S/2C18H13N2.C8H6N3.Ir/c2*1-19-13-20(18-11-5-4-10-17(18)19)16-12-6-8-14-7-2-3-9-15(14)16;1-2-5-9-7(3-1)8-4-6-10-11-8;/h2*2-11H,1H3;1-6H;/q3*-1;. The van der Waals surface area contributed by atoms with Crippen LogP contribution in [0.5, 0.6) is 0 Å². The molecule has 0 atom stereocenters. The molecule has 0 fully saturated rings. The Morgan fingerprint density at radius 1 is 0.538 bits per heavy atom. The fourth-order valence-electron chi connectivity index (χ4n) is 6.28. The molecule has 0 saturated carbocycles. The number of pyridine rings is 1. The third kappa shape index (κ3) is 6.77. The van der Waals surface area contributed by atoms with E-state index in [0.717, 1.165) is 44.8 Å². The molecule has 0 amide bonds. The van der Waals surface area contributed by atoms with E-state index in [4.69, 9.17) is 0 Å². The first-order valence-electron chi connectivity index (χ1n) is 16.6. The molecule has 4 heterocycles. The predicted molar refractivity (Wildman–Crippen MR) is 200 cm³/mol. The molecular formula is C44H32IrN7-3. The van der Waals surface area contributed by atoms with Gasteiger partial charge in [0.1, 0.15) is 0 Å². The molecule has 0 aliphatic rings. The molecule has 0 saturated heterocycles. The van der Waals surface area contributed by atoms with Gasteiger partial charge in [-0.2, -0.15) is 36.4 Å². The Hall–Kier alpha value is -6.21. The van der Waals surface area contributed by atoms with Gasteiger partial charge in [0.2, 0.25) is 12.7 Å². The van der Waals surface area contributed by atoms with Crippen LogP contribution in [0.2, 0.25) is 0 Å². The molecule has 0 aliphatic carbocycles. The van der Waals surface area contributed by atoms with Crippen LogP contribution in [-0.2, 0) is 34.2 Å². The molecule has 8 heteroatoms. The first-order valence-corrected chi connectivity index (χ1v) is 16.6. The van der Waals surface area contributed by atoms with Crippen molar-refractivity contribution in [3.05, 3.63) is 183 Å². The topological polar surface area (TPSA) is 57.5 Å². The summed E-state index contributed by atoms with van der Waals surface area (Å²) in [7, 11) is 4.04. The van der Waals surface area contributed by atoms with Gasteiger partial charge in [0.05, 0.1) is 36.2 Å². The van der Waals surface area contributed by atoms with Crippen LogP contribution in [0.1, 0.15) is 0 Å². The van der Waals surface area contributed by atoms with Gasteiger partial charge in [-0.25, -0.2) is 0 Å². The van der Waals surface area contributed by atoms with Crippen molar-refractivity contribution < 1.29 is 29.2 Å². The number of imidazole rings is 2. The van der Waals surface area contributed by atoms with Crippen LogP contribution in [-0.4, -0.2) is 19.2 Å². The Morgan fingerprint density at radius 2 is 1.04 bits per heavy atom. The van der Waals surface area contributed by atoms with Crippen molar-refractivity contribution in [1.82, 2.24) is 24.3 Å². The third-order valence-electron chi connectivity index (χ3n) is 8.70. The van der Waals surface area contributed by atoms with E-state index in [-0.39, 0.29) is 20.1 Å². The Balaban J connectivity index is 0.000000125. The Labute approximate surface area is 315 Å². The van der Waals surface area contributed by atoms with Gasteiger partial charge in [0, 0.05) is 38.2 Å². The summed E-state index contributed by atoms with van der Waals surface area (Å²) in [5.41, 5.74) is 8.38. The zero-order chi connectivity index (χ0) is 34.6. The summed E-state index contributed by atoms with van der Waals surface area (Å²) in [6.07, 6.45) is 10.1. The summed E-state index contributed by atoms with van der Waals surface area (Å²) in [6, 6.07) is 55.8. The molecule has 0 unspecified atom stereocenters. The summed E-state index contributed by atoms with van der Waals surface area (Å²) >= 11 is 0. The van der Waals surface area contributed by atoms with Gasteiger partial charge < -0.3 is 28.5 Å². The summed E-state index contributed by atoms with van der Waals surface area (Å²) in [5, 5.41) is 12.4. The van der Waals surface area contributed by atoms with Crippen LogP contribution < -0.4 is 14.2 Å². The minimum absolute atomic E-state index is 0. The number of hydrogen-bond donors (Lipinski definition) is 0. The van der Waals surface area contributed by atoms with Crippen molar-refractivity contribution in [3.63, 3.8) is 0 Å². The van der Waals surface area contributed by atoms with Crippen molar-refractivity contribution in [2.75, 3.05) is 0 Å². The fraction of sp³-hybridized carbons (Fsp3) is 0.0455. The Bertz CT molecular complexity index is 2560. The summed E-state index contributed by atoms with van der Waals surface area (Å²) in [5.74, 6) is 0. The second-order valence-electron chi connectivity index (χ2n) is 11.9. The van der Waals surface area contributed by atoms with Crippen LogP contribution in [0, 0.1) is 24.8 Å². The number of nitrogens with zero attached hydrogens (tertiary/aromatic N) is 7. The van der Waals surface area contributed by atoms with Crippen LogP contribution in [0.4, 0.5) is 0 Å². The van der Waals surface area contributed by atoms with Gasteiger partial charge >= 0.3 is 0 Å². The van der Waals surface area contributed by atoms with E-state index in [1.807, 2.05) is 71.8 Å². The van der Waals surface area contributed by atoms with E-state index >= 15 is 0 Å². The second-order valence-corrected chi connectivity index (χ2v) is 11.9. The van der Waals surface area contributed by atoms with E-state index in [2.05, 4.69) is 146 Å². The quantitative estimate of drug-likeness (QED) is 0.137. The maximum atomic E-state index is 4.12. The van der Waals surface area contributed by atoms with Gasteiger partial charge in [-0.3, -0.25) is 4.98 Å². The van der Waals surface area contributed by atoms with E-state index < -0.39 is 0 Å². The van der Waals surface area contributed by atoms with E-state index in [9.17, 15) is 0 Å². The second kappa shape index (κ2) is 15.4. The molecule has 52 heavy (non-hydrogen) atoms. The van der Waals surface area contributed by atoms with Gasteiger partial charge in [-0.15, -0.1) is 33.7 Å². The van der Waals surface area contributed by atoms with Gasteiger partial charge in [0.25, 0.3) is 0 Å². The molecule has 0 spiro atoms. The van der Waals surface area contributed by atoms with Crippen molar-refractivity contribution in [2.45, 2.75) is 0 Å². The molecule has 10 aromatic rings. The maximum absolute atomic E-state index is 4.12. The Kier molecular flexibility index (Phi) is 10.1. The molecule has 7 nitrogen and oxygen atoms in total. The number of rotatable bonds is 3. The fourth-order valence-corrected chi connectivity index (χ4v) is 6.28. The molecule has 255 valence electrons. The monoisotopic (exact) mass is 851 g/mol. The normalized spacial score (nSPS) is 10.7. The molecule has 6 aromatic carbocycles. The molecular weight excluding hydrogens is 819 g/mol. The molecule has 0 bridgehead atoms. The largest absolute Gasteiger partial charge is 0.574 e. The number of aryl methyl sites for hydroxylation is 2. The van der Waals surface area contributed by atoms with Crippen LogP contribution in [0.3, 0.4) is 0 Å². The first kappa shape index (κ1) is 34.2. The zero-order valence-electron chi connectivity index (χ0n) is 28.5. The van der Waals surface area contributed by atoms with Crippen LogP contribution in [0.15, 0.2) is 158 Å². The van der Waals surface area contributed by atoms with Crippen LogP contribution in [0.25, 0.3) is 66.4 Å². The van der Waals surface area contributed by atoms with E-state index in [1.165, 1.54) is 21.5 Å². The molecule has 10 rings (SSSR count). The molecule has 1 radical (unpaired) electrons. The first-order chi connectivity index (χ1) is 25.2. The predicted octanol–water partition coefficient (Wildman–Crippen LogP) is 7.52. The van der Waals surface area contributed by atoms with E-state index in [0.29, 0.717) is 0 Å². The van der Waals surface area contributed by atoms with Gasteiger partial charge in [-0.05, 0) is 12.1 Å². The average Bonchev–Trinajstić information content (AvgIpc) is 3.94. The van der Waals surface area contributed by atoms with E-state index in [1.54, 1.807) is 12.4 Å². The molecule has 0 N–H and O–H groups in total. The maximum Gasteiger partial charge on any atom is 0.242 e. The van der Waals surface area contributed by atoms with Gasteiger partial charge in [-0.1, -0.05) is 114 Å². The van der Waals surface area contributed by atoms with Crippen molar-refractivity contribution in [3.8, 4) is 22.8 Å². The van der Waals surface area contributed by atoms with Crippen molar-refractivity contribution >= 4 is 43.6 Å². The van der Waals surface area contributed by atoms with Crippen molar-refractivity contribution in [1.29, 1.82) is 0 Å².